The first-order valence-corrected chi connectivity index (χ1v) is 33.3. The maximum absolute atomic E-state index is 14.5. The van der Waals surface area contributed by atoms with E-state index < -0.39 is 22.4 Å². The molecular weight excluding hydrogens is 1210 g/mol. The summed E-state index contributed by atoms with van der Waals surface area (Å²) in [5.74, 6) is 0.840. The van der Waals surface area contributed by atoms with E-state index in [0.717, 1.165) is 68.1 Å². The highest BCUT2D eigenvalue weighted by molar-refractivity contribution is 6.10. The third-order valence-corrected chi connectivity index (χ3v) is 18.9. The summed E-state index contributed by atoms with van der Waals surface area (Å²) >= 11 is 0. The number of halogens is 1. The summed E-state index contributed by atoms with van der Waals surface area (Å²) in [6.07, 6.45) is 19.4. The molecule has 7 N–H and O–H groups in total. The molecule has 500 valence electrons. The molecule has 96 heavy (non-hydrogen) atoms. The van der Waals surface area contributed by atoms with Crippen molar-refractivity contribution in [1.29, 1.82) is 0 Å². The van der Waals surface area contributed by atoms with E-state index in [2.05, 4.69) is 25.3 Å². The molecule has 1 unspecified atom stereocenters. The minimum Gasteiger partial charge on any atom is -0.481 e. The van der Waals surface area contributed by atoms with Gasteiger partial charge in [-0.1, -0.05) is 162 Å². The van der Waals surface area contributed by atoms with E-state index in [-0.39, 0.29) is 54.0 Å². The van der Waals surface area contributed by atoms with Gasteiger partial charge in [-0.15, -0.1) is 0 Å². The van der Waals surface area contributed by atoms with Gasteiger partial charge in [-0.3, -0.25) is 43.7 Å². The van der Waals surface area contributed by atoms with Gasteiger partial charge in [-0.2, -0.15) is 0 Å². The Kier molecular flexibility index (Phi) is 22.1. The first-order valence-electron chi connectivity index (χ1n) is 33.3. The molecule has 0 bridgehead atoms. The summed E-state index contributed by atoms with van der Waals surface area (Å²) in [6, 6.07) is 44.9. The number of nitrogens with one attached hydrogen (secondary N) is 1. The van der Waals surface area contributed by atoms with Crippen LogP contribution in [-0.2, 0) is 32.0 Å². The zero-order valence-corrected chi connectivity index (χ0v) is 55.5. The lowest BCUT2D eigenvalue weighted by Crippen LogP contribution is -2.45. The summed E-state index contributed by atoms with van der Waals surface area (Å²) < 4.78 is 19.6. The van der Waals surface area contributed by atoms with E-state index in [0.29, 0.717) is 76.8 Å². The number of carbonyl (C=O) groups excluding carboxylic acids is 5. The Bertz CT molecular complexity index is 3900. The summed E-state index contributed by atoms with van der Waals surface area (Å²) in [7, 11) is 4.85. The molecule has 7 aromatic rings. The van der Waals surface area contributed by atoms with Gasteiger partial charge in [-0.05, 0) is 127 Å². The van der Waals surface area contributed by atoms with Crippen LogP contribution in [0.15, 0.2) is 185 Å². The number of hydrogen-bond donors (Lipinski definition) is 4. The Morgan fingerprint density at radius 2 is 1.25 bits per heavy atom. The van der Waals surface area contributed by atoms with E-state index >= 15 is 0 Å². The van der Waals surface area contributed by atoms with Gasteiger partial charge in [0.15, 0.2) is 29.0 Å². The predicted molar refractivity (Wildman–Crippen MR) is 369 cm³/mol. The molecule has 20 nitrogen and oxygen atoms in total. The van der Waals surface area contributed by atoms with Crippen molar-refractivity contribution in [2.24, 2.45) is 44.0 Å². The molecular formula is C75H87FN14O6. The van der Waals surface area contributed by atoms with E-state index in [9.17, 15) is 28.4 Å². The van der Waals surface area contributed by atoms with Crippen LogP contribution in [-0.4, -0.2) is 128 Å². The first-order chi connectivity index (χ1) is 46.4. The van der Waals surface area contributed by atoms with Crippen LogP contribution in [0, 0.1) is 17.7 Å². The van der Waals surface area contributed by atoms with Crippen molar-refractivity contribution in [1.82, 2.24) is 39.9 Å². The summed E-state index contributed by atoms with van der Waals surface area (Å²) in [5, 5.41) is 3.18. The number of nitrogens with two attached hydrogens (primary N) is 3. The SMILES string of the molecule is CCCN(CCC)C(=O)c1cccc(CN2C(=O)C(c3ccccc3)(c3ccccc3)N=C2N)n1.CN1C(=O)C(c2ccccc2)(c2cc(F)cc(-c3cccnc3)c2)N=C1N.COc1ccc(C(=O)N[C@@H]2CCC[C@H](C[C@@]3(CCC4CCCCC4)N=C(N)N(C)C3=O)C2)cn1. The maximum Gasteiger partial charge on any atom is 0.272 e. The van der Waals surface area contributed by atoms with E-state index in [1.54, 1.807) is 94.4 Å². The lowest BCUT2D eigenvalue weighted by molar-refractivity contribution is -0.132. The molecule has 21 heteroatoms. The van der Waals surface area contributed by atoms with Gasteiger partial charge in [0.25, 0.3) is 29.5 Å². The molecule has 5 amide bonds. The second kappa shape index (κ2) is 30.9. The van der Waals surface area contributed by atoms with Gasteiger partial charge in [0, 0.05) is 63.4 Å². The van der Waals surface area contributed by atoms with Gasteiger partial charge < -0.3 is 32.2 Å². The number of benzene rings is 4. The number of aliphatic imine (C=N–C) groups is 3. The number of hydrogen-bond acceptors (Lipinski definition) is 15. The highest BCUT2D eigenvalue weighted by Gasteiger charge is 2.52. The second-order valence-corrected chi connectivity index (χ2v) is 25.4. The minimum absolute atomic E-state index is 0.0382. The fraction of sp³-hybridized carbons (Fsp3) is 0.373. The molecule has 3 aromatic heterocycles. The fourth-order valence-electron chi connectivity index (χ4n) is 13.9. The molecule has 4 aromatic carbocycles. The fourth-order valence-corrected chi connectivity index (χ4v) is 13.9. The van der Waals surface area contributed by atoms with Crippen LogP contribution in [0.25, 0.3) is 11.1 Å². The summed E-state index contributed by atoms with van der Waals surface area (Å²) in [5.41, 5.74) is 20.4. The van der Waals surface area contributed by atoms with Crippen LogP contribution in [0.4, 0.5) is 4.39 Å². The Morgan fingerprint density at radius 3 is 1.81 bits per heavy atom. The van der Waals surface area contributed by atoms with E-state index in [4.69, 9.17) is 31.9 Å². The van der Waals surface area contributed by atoms with Gasteiger partial charge in [-0.25, -0.2) is 29.3 Å². The third-order valence-electron chi connectivity index (χ3n) is 18.9. The van der Waals surface area contributed by atoms with Crippen LogP contribution in [0.1, 0.15) is 153 Å². The molecule has 12 rings (SSSR count). The van der Waals surface area contributed by atoms with Crippen molar-refractivity contribution in [2.45, 2.75) is 133 Å². The van der Waals surface area contributed by atoms with Crippen molar-refractivity contribution in [3.63, 3.8) is 0 Å². The number of ether oxygens (including phenoxy) is 1. The molecule has 5 aliphatic rings. The number of pyridine rings is 3. The van der Waals surface area contributed by atoms with Gasteiger partial charge >= 0.3 is 0 Å². The van der Waals surface area contributed by atoms with Crippen molar-refractivity contribution in [3.8, 4) is 17.0 Å². The van der Waals surface area contributed by atoms with Crippen molar-refractivity contribution in [3.05, 3.63) is 215 Å². The zero-order chi connectivity index (χ0) is 68.0. The Morgan fingerprint density at radius 1 is 0.635 bits per heavy atom. The zero-order valence-electron chi connectivity index (χ0n) is 55.5. The first kappa shape index (κ1) is 68.7. The summed E-state index contributed by atoms with van der Waals surface area (Å²) in [6.45, 7) is 5.58. The number of likely N-dealkylation sites (N-methyl/N-ethyl adjacent to an activating group) is 2. The predicted octanol–water partition coefficient (Wildman–Crippen LogP) is 10.5. The quantitative estimate of drug-likeness (QED) is 0.0555. The second-order valence-electron chi connectivity index (χ2n) is 25.4. The Labute approximate surface area is 561 Å². The molecule has 0 saturated heterocycles. The molecule has 3 aliphatic heterocycles. The minimum atomic E-state index is -1.42. The van der Waals surface area contributed by atoms with Gasteiger partial charge in [0.1, 0.15) is 17.1 Å². The smallest absolute Gasteiger partial charge is 0.272 e. The van der Waals surface area contributed by atoms with Crippen LogP contribution >= 0.6 is 0 Å². The average molecular weight is 1300 g/mol. The van der Waals surface area contributed by atoms with Crippen LogP contribution in [0.5, 0.6) is 5.88 Å². The summed E-state index contributed by atoms with van der Waals surface area (Å²) in [4.78, 5) is 99.2. The van der Waals surface area contributed by atoms with Crippen molar-refractivity contribution >= 4 is 47.4 Å². The highest BCUT2D eigenvalue weighted by atomic mass is 19.1. The Balaban J connectivity index is 0.000000158. The normalized spacial score (nSPS) is 20.7. The molecule has 2 aliphatic carbocycles. The van der Waals surface area contributed by atoms with Crippen LogP contribution in [0.3, 0.4) is 0 Å². The lowest BCUT2D eigenvalue weighted by Gasteiger charge is -2.35. The van der Waals surface area contributed by atoms with Gasteiger partial charge in [0.05, 0.1) is 24.9 Å². The lowest BCUT2D eigenvalue weighted by atomic mass is 9.74. The van der Waals surface area contributed by atoms with Crippen LogP contribution in [0.2, 0.25) is 0 Å². The maximum atomic E-state index is 14.5. The standard InChI is InChI=1S/C28H31N5O2.C26H39N5O3.C21H17FN4O/c1-3-18-32(19-4-2)25(34)24-17-11-16-23(30-24)20-33-26(35)28(31-27(33)29,21-12-7-5-8-13-21)22-14-9-6-10-15-22;1-31-24(33)26(30-25(31)27,14-13-18-7-4-3-5-8-18)16-19-9-6-10-21(15-19)29-23(32)20-11-12-22(34-2)28-17-20;1-26-19(27)21(25-20(26)23,16-7-3-2-4-8-16)17-10-15(11-18(22)12-17)14-6-5-9-24-13-14/h5-17H,3-4,18-20H2,1-2H3,(H2,29,31);11-12,17-19,21H,3-10,13-16H2,1-2H3,(H2,27,30)(H,29,32);2-13H,1H3,(H2,23,25)/t;19-,21+,26+;/m.0./s1. The Hall–Kier alpha value is -10.2. The third kappa shape index (κ3) is 15.0. The molecule has 0 radical (unpaired) electrons. The number of aromatic nitrogens is 3. The van der Waals surface area contributed by atoms with Crippen molar-refractivity contribution in [2.75, 3.05) is 34.3 Å². The molecule has 2 fully saturated rings. The number of nitrogens with zero attached hydrogens (tertiary/aromatic N) is 10. The molecule has 4 atom stereocenters. The van der Waals surface area contributed by atoms with E-state index in [1.807, 2.05) is 104 Å². The number of amides is 5. The average Bonchev–Trinajstić information content (AvgIpc) is 1.56. The topological polar surface area (TPSA) is 273 Å². The number of carbonyl (C=O) groups is 5. The largest absolute Gasteiger partial charge is 0.481 e. The van der Waals surface area contributed by atoms with Gasteiger partial charge in [0.2, 0.25) is 5.88 Å². The number of methoxy groups -OCH3 is 1. The van der Waals surface area contributed by atoms with Crippen molar-refractivity contribution < 1.29 is 33.1 Å². The highest BCUT2D eigenvalue weighted by Crippen LogP contribution is 2.44. The number of guanidine groups is 3. The molecule has 6 heterocycles. The van der Waals surface area contributed by atoms with E-state index in [1.165, 1.54) is 58.9 Å². The molecule has 0 spiro atoms. The monoisotopic (exact) mass is 1300 g/mol. The van der Waals surface area contributed by atoms with Crippen LogP contribution < -0.4 is 27.3 Å². The number of rotatable bonds is 20. The molecule has 2 saturated carbocycles.